The Morgan fingerprint density at radius 2 is 1.34 bits per heavy atom. The zero-order valence-electron chi connectivity index (χ0n) is 20.5. The van der Waals surface area contributed by atoms with E-state index in [0.29, 0.717) is 11.2 Å². The number of halogens is 2. The van der Waals surface area contributed by atoms with Crippen molar-refractivity contribution in [1.82, 2.24) is 0 Å². The van der Waals surface area contributed by atoms with E-state index in [1.54, 1.807) is 23.5 Å². The summed E-state index contributed by atoms with van der Waals surface area (Å²) in [7, 11) is 0. The Bertz CT molecular complexity index is 990. The SMILES string of the molecule is CCCC(CC(C)C)SC(CC(Sc1ccc(F)cc1)Sc1ccc(F)cc1)=Nc1ccccc1. The fourth-order valence-corrected chi connectivity index (χ4v) is 8.00. The van der Waals surface area contributed by atoms with Crippen molar-refractivity contribution in [1.29, 1.82) is 0 Å². The molecular weight excluding hydrogens is 497 g/mol. The molecule has 1 nitrogen and oxygen atoms in total. The van der Waals surface area contributed by atoms with Crippen LogP contribution in [0.4, 0.5) is 14.5 Å². The predicted octanol–water partition coefficient (Wildman–Crippen LogP) is 10.2. The third-order valence-electron chi connectivity index (χ3n) is 5.16. The van der Waals surface area contributed by atoms with E-state index in [9.17, 15) is 8.78 Å². The van der Waals surface area contributed by atoms with Crippen LogP contribution in [0.5, 0.6) is 0 Å². The van der Waals surface area contributed by atoms with Crippen LogP contribution in [0.1, 0.15) is 46.5 Å². The van der Waals surface area contributed by atoms with Gasteiger partial charge in [0.1, 0.15) is 11.6 Å². The van der Waals surface area contributed by atoms with Crippen LogP contribution in [-0.2, 0) is 0 Å². The number of nitrogens with zero attached hydrogens (tertiary/aromatic N) is 1. The van der Waals surface area contributed by atoms with E-state index in [4.69, 9.17) is 4.99 Å². The van der Waals surface area contributed by atoms with Gasteiger partial charge in [0.05, 0.1) is 15.3 Å². The van der Waals surface area contributed by atoms with Gasteiger partial charge in [0.15, 0.2) is 0 Å². The van der Waals surface area contributed by atoms with Gasteiger partial charge in [-0.25, -0.2) is 13.8 Å². The van der Waals surface area contributed by atoms with Crippen LogP contribution in [0, 0.1) is 17.6 Å². The van der Waals surface area contributed by atoms with Gasteiger partial charge in [-0.1, -0.05) is 45.4 Å². The summed E-state index contributed by atoms with van der Waals surface area (Å²) in [5.74, 6) is 0.139. The molecule has 1 atom stereocenters. The Labute approximate surface area is 221 Å². The van der Waals surface area contributed by atoms with E-state index in [1.165, 1.54) is 24.3 Å². The molecule has 186 valence electrons. The number of rotatable bonds is 12. The molecule has 0 fully saturated rings. The van der Waals surface area contributed by atoms with Crippen LogP contribution in [0.3, 0.4) is 0 Å². The van der Waals surface area contributed by atoms with E-state index in [-0.39, 0.29) is 16.2 Å². The van der Waals surface area contributed by atoms with Crippen molar-refractivity contribution in [3.05, 3.63) is 90.5 Å². The molecule has 0 aliphatic rings. The molecule has 3 aromatic rings. The third-order valence-corrected chi connectivity index (χ3v) is 8.98. The van der Waals surface area contributed by atoms with Crippen LogP contribution >= 0.6 is 35.3 Å². The van der Waals surface area contributed by atoms with Gasteiger partial charge in [0.2, 0.25) is 0 Å². The number of hydrogen-bond donors (Lipinski definition) is 0. The molecule has 6 heteroatoms. The molecule has 3 rings (SSSR count). The fourth-order valence-electron chi connectivity index (χ4n) is 3.61. The average molecular weight is 530 g/mol. The highest BCUT2D eigenvalue weighted by atomic mass is 32.2. The molecule has 0 radical (unpaired) electrons. The Morgan fingerprint density at radius 1 is 0.800 bits per heavy atom. The molecule has 0 aliphatic heterocycles. The van der Waals surface area contributed by atoms with Crippen LogP contribution < -0.4 is 0 Å². The van der Waals surface area contributed by atoms with Gasteiger partial charge in [-0.3, -0.25) is 0 Å². The molecule has 0 bridgehead atoms. The highest BCUT2D eigenvalue weighted by Crippen LogP contribution is 2.40. The van der Waals surface area contributed by atoms with Crippen molar-refractivity contribution < 1.29 is 8.78 Å². The van der Waals surface area contributed by atoms with E-state index in [0.717, 1.165) is 46.2 Å². The first-order valence-electron chi connectivity index (χ1n) is 12.0. The lowest BCUT2D eigenvalue weighted by molar-refractivity contribution is 0.547. The van der Waals surface area contributed by atoms with Crippen LogP contribution in [-0.4, -0.2) is 14.9 Å². The van der Waals surface area contributed by atoms with Crippen molar-refractivity contribution >= 4 is 46.0 Å². The van der Waals surface area contributed by atoms with Gasteiger partial charge in [0, 0.05) is 21.5 Å². The molecule has 0 aromatic heterocycles. The van der Waals surface area contributed by atoms with Gasteiger partial charge in [0.25, 0.3) is 0 Å². The lowest BCUT2D eigenvalue weighted by Crippen LogP contribution is -2.13. The quantitative estimate of drug-likeness (QED) is 0.100. The summed E-state index contributed by atoms with van der Waals surface area (Å²) >= 11 is 5.29. The largest absolute Gasteiger partial charge is 0.247 e. The molecule has 0 saturated heterocycles. The zero-order chi connectivity index (χ0) is 25.0. The van der Waals surface area contributed by atoms with Gasteiger partial charge in [-0.15, -0.1) is 35.3 Å². The summed E-state index contributed by atoms with van der Waals surface area (Å²) in [4.78, 5) is 7.08. The number of benzene rings is 3. The molecule has 3 aromatic carbocycles. The summed E-state index contributed by atoms with van der Waals surface area (Å²) in [6.07, 6.45) is 4.19. The fraction of sp³-hybridized carbons (Fsp3) is 0.345. The molecule has 35 heavy (non-hydrogen) atoms. The summed E-state index contributed by atoms with van der Waals surface area (Å²) in [6.45, 7) is 6.78. The van der Waals surface area contributed by atoms with Crippen LogP contribution in [0.15, 0.2) is 93.6 Å². The van der Waals surface area contributed by atoms with Crippen LogP contribution in [0.2, 0.25) is 0 Å². The molecule has 0 spiro atoms. The smallest absolute Gasteiger partial charge is 0.123 e. The highest BCUT2D eigenvalue weighted by Gasteiger charge is 2.21. The van der Waals surface area contributed by atoms with Gasteiger partial charge in [-0.2, -0.15) is 0 Å². The van der Waals surface area contributed by atoms with Crippen molar-refractivity contribution in [2.45, 2.75) is 66.1 Å². The maximum absolute atomic E-state index is 13.5. The van der Waals surface area contributed by atoms with Crippen molar-refractivity contribution in [2.24, 2.45) is 10.9 Å². The van der Waals surface area contributed by atoms with Crippen LogP contribution in [0.25, 0.3) is 0 Å². The van der Waals surface area contributed by atoms with Crippen molar-refractivity contribution in [2.75, 3.05) is 0 Å². The van der Waals surface area contributed by atoms with Gasteiger partial charge in [-0.05, 0) is 79.4 Å². The summed E-state index contributed by atoms with van der Waals surface area (Å²) in [5, 5.41) is 1.61. The van der Waals surface area contributed by atoms with Crippen molar-refractivity contribution in [3.63, 3.8) is 0 Å². The molecular formula is C29H33F2NS3. The van der Waals surface area contributed by atoms with E-state index in [1.807, 2.05) is 66.4 Å². The van der Waals surface area contributed by atoms with Gasteiger partial charge >= 0.3 is 0 Å². The molecule has 0 N–H and O–H groups in total. The number of para-hydroxylation sites is 1. The lowest BCUT2D eigenvalue weighted by atomic mass is 10.1. The molecule has 1 unspecified atom stereocenters. The Kier molecular flexibility index (Phi) is 11.7. The normalized spacial score (nSPS) is 12.9. The monoisotopic (exact) mass is 529 g/mol. The lowest BCUT2D eigenvalue weighted by Gasteiger charge is -2.22. The molecule has 0 saturated carbocycles. The topological polar surface area (TPSA) is 12.4 Å². The molecule has 0 aliphatic carbocycles. The van der Waals surface area contributed by atoms with E-state index < -0.39 is 0 Å². The van der Waals surface area contributed by atoms with Crippen molar-refractivity contribution in [3.8, 4) is 0 Å². The first-order valence-corrected chi connectivity index (χ1v) is 14.7. The highest BCUT2D eigenvalue weighted by molar-refractivity contribution is 8.18. The summed E-state index contributed by atoms with van der Waals surface area (Å²) in [5.41, 5.74) is 0.951. The summed E-state index contributed by atoms with van der Waals surface area (Å²) in [6, 6.07) is 23.3. The standard InChI is InChI=1S/C29H33F2NS3/c1-4-8-27(19-21(2)3)33-28(32-24-9-6-5-7-10-24)20-29(34-25-15-11-22(30)12-16-25)35-26-17-13-23(31)14-18-26/h5-7,9-18,21,27,29H,4,8,19-20H2,1-3H3. The predicted molar refractivity (Wildman–Crippen MR) is 152 cm³/mol. The Morgan fingerprint density at radius 3 is 1.83 bits per heavy atom. The second kappa shape index (κ2) is 14.7. The Balaban J connectivity index is 1.89. The summed E-state index contributed by atoms with van der Waals surface area (Å²) < 4.78 is 27.1. The molecule has 0 heterocycles. The first-order chi connectivity index (χ1) is 16.9. The molecule has 0 amide bonds. The Hall–Kier alpha value is -1.76. The second-order valence-corrected chi connectivity index (χ2v) is 13.0. The average Bonchev–Trinajstić information content (AvgIpc) is 2.82. The zero-order valence-corrected chi connectivity index (χ0v) is 22.9. The van der Waals surface area contributed by atoms with E-state index >= 15 is 0 Å². The number of hydrogen-bond acceptors (Lipinski definition) is 4. The maximum Gasteiger partial charge on any atom is 0.123 e. The number of aliphatic imine (C=N–C) groups is 1. The first kappa shape index (κ1) is 27.8. The third kappa shape index (κ3) is 10.4. The second-order valence-electron chi connectivity index (χ2n) is 8.78. The van der Waals surface area contributed by atoms with Gasteiger partial charge < -0.3 is 0 Å². The minimum atomic E-state index is -0.241. The van der Waals surface area contributed by atoms with E-state index in [2.05, 4.69) is 20.8 Å². The number of thioether (sulfide) groups is 3. The maximum atomic E-state index is 13.5. The minimum absolute atomic E-state index is 0.0993. The minimum Gasteiger partial charge on any atom is -0.247 e.